The lowest BCUT2D eigenvalue weighted by Gasteiger charge is -2.50. The Morgan fingerprint density at radius 3 is 2.60 bits per heavy atom. The number of fused-ring (bicyclic) bond motifs is 1. The number of nitrogens with one attached hydrogen (secondary N) is 1. The Kier molecular flexibility index (Phi) is 2.63. The summed E-state index contributed by atoms with van der Waals surface area (Å²) in [7, 11) is 0. The fraction of sp³-hybridized carbons (Fsp3) is 1.00. The van der Waals surface area contributed by atoms with Crippen LogP contribution in [0.25, 0.3) is 0 Å². The first-order chi connectivity index (χ1) is 6.86. The lowest BCUT2D eigenvalue weighted by Crippen LogP contribution is -2.61. The highest BCUT2D eigenvalue weighted by molar-refractivity contribution is 5.11. The maximum absolute atomic E-state index is 3.82. The van der Waals surface area contributed by atoms with Crippen LogP contribution in [-0.4, -0.2) is 35.6 Å². The largest absolute Gasteiger partial charge is 0.307 e. The Hall–Kier alpha value is -0.0800. The van der Waals surface area contributed by atoms with E-state index in [0.29, 0.717) is 23.0 Å². The fourth-order valence-electron chi connectivity index (χ4n) is 3.60. The van der Waals surface area contributed by atoms with E-state index in [9.17, 15) is 0 Å². The molecule has 0 aromatic heterocycles. The van der Waals surface area contributed by atoms with E-state index in [1.807, 2.05) is 0 Å². The van der Waals surface area contributed by atoms with E-state index >= 15 is 0 Å². The molecule has 0 aromatic carbocycles. The highest BCUT2D eigenvalue weighted by atomic mass is 15.2. The molecule has 0 radical (unpaired) electrons. The average molecular weight is 210 g/mol. The Balaban J connectivity index is 2.17. The van der Waals surface area contributed by atoms with Gasteiger partial charge in [-0.3, -0.25) is 4.90 Å². The molecule has 2 aliphatic rings. The summed E-state index contributed by atoms with van der Waals surface area (Å²) in [5.41, 5.74) is 0.840. The first-order valence-corrected chi connectivity index (χ1v) is 6.38. The van der Waals surface area contributed by atoms with Crippen molar-refractivity contribution in [2.24, 2.45) is 5.41 Å². The van der Waals surface area contributed by atoms with Gasteiger partial charge in [-0.05, 0) is 52.5 Å². The topological polar surface area (TPSA) is 15.3 Å². The molecule has 0 bridgehead atoms. The van der Waals surface area contributed by atoms with Crippen LogP contribution in [0.1, 0.15) is 47.5 Å². The van der Waals surface area contributed by atoms with Crippen LogP contribution in [-0.2, 0) is 0 Å². The molecule has 2 aliphatic heterocycles. The van der Waals surface area contributed by atoms with Gasteiger partial charge in [-0.25, -0.2) is 0 Å². The van der Waals surface area contributed by atoms with Crippen LogP contribution in [0.4, 0.5) is 0 Å². The monoisotopic (exact) mass is 210 g/mol. The van der Waals surface area contributed by atoms with Gasteiger partial charge in [0.2, 0.25) is 0 Å². The highest BCUT2D eigenvalue weighted by Gasteiger charge is 2.53. The minimum Gasteiger partial charge on any atom is -0.307 e. The van der Waals surface area contributed by atoms with Gasteiger partial charge in [0.25, 0.3) is 0 Å². The molecule has 0 spiro atoms. The zero-order valence-electron chi connectivity index (χ0n) is 10.9. The van der Waals surface area contributed by atoms with Gasteiger partial charge in [-0.1, -0.05) is 6.92 Å². The lowest BCUT2D eigenvalue weighted by atomic mass is 9.67. The summed E-state index contributed by atoms with van der Waals surface area (Å²) >= 11 is 0. The maximum Gasteiger partial charge on any atom is 0.0337 e. The molecule has 2 nitrogen and oxygen atoms in total. The van der Waals surface area contributed by atoms with Gasteiger partial charge in [0.15, 0.2) is 0 Å². The number of piperidine rings is 1. The first-order valence-electron chi connectivity index (χ1n) is 6.38. The van der Waals surface area contributed by atoms with Crippen LogP contribution in [0.3, 0.4) is 0 Å². The molecule has 2 rings (SSSR count). The molecule has 2 heterocycles. The molecule has 0 aliphatic carbocycles. The minimum atomic E-state index is 0.328. The molecule has 2 saturated heterocycles. The van der Waals surface area contributed by atoms with Gasteiger partial charge in [-0.15, -0.1) is 0 Å². The van der Waals surface area contributed by atoms with Gasteiger partial charge in [0.1, 0.15) is 0 Å². The average Bonchev–Trinajstić information content (AvgIpc) is 2.32. The SMILES string of the molecule is CC1C[C@]2(C)CCN(C(C)C)C[C@]2(C)N1. The van der Waals surface area contributed by atoms with Crippen molar-refractivity contribution in [3.63, 3.8) is 0 Å². The van der Waals surface area contributed by atoms with Gasteiger partial charge < -0.3 is 5.32 Å². The van der Waals surface area contributed by atoms with Crippen LogP contribution in [0.15, 0.2) is 0 Å². The molecule has 1 N–H and O–H groups in total. The summed E-state index contributed by atoms with van der Waals surface area (Å²) in [6.07, 6.45) is 2.69. The number of hydrogen-bond donors (Lipinski definition) is 1. The summed E-state index contributed by atoms with van der Waals surface area (Å²) in [5, 5.41) is 3.82. The van der Waals surface area contributed by atoms with Gasteiger partial charge in [0, 0.05) is 24.2 Å². The summed E-state index contributed by atoms with van der Waals surface area (Å²) in [5.74, 6) is 0. The van der Waals surface area contributed by atoms with Crippen LogP contribution < -0.4 is 5.32 Å². The molecule has 2 heteroatoms. The molecule has 88 valence electrons. The summed E-state index contributed by atoms with van der Waals surface area (Å²) in [6, 6.07) is 1.37. The van der Waals surface area contributed by atoms with E-state index < -0.39 is 0 Å². The molecule has 1 unspecified atom stereocenters. The highest BCUT2D eigenvalue weighted by Crippen LogP contribution is 2.47. The van der Waals surface area contributed by atoms with Gasteiger partial charge in [-0.2, -0.15) is 0 Å². The third-order valence-corrected chi connectivity index (χ3v) is 4.85. The second-order valence-corrected chi connectivity index (χ2v) is 6.46. The van der Waals surface area contributed by atoms with E-state index in [0.717, 1.165) is 0 Å². The van der Waals surface area contributed by atoms with Crippen LogP contribution >= 0.6 is 0 Å². The molecule has 0 aromatic rings. The summed E-state index contributed by atoms with van der Waals surface area (Å²) in [4.78, 5) is 2.62. The zero-order chi connectivity index (χ0) is 11.3. The van der Waals surface area contributed by atoms with Crippen molar-refractivity contribution in [1.29, 1.82) is 0 Å². The Labute approximate surface area is 94.4 Å². The van der Waals surface area contributed by atoms with Crippen molar-refractivity contribution in [3.8, 4) is 0 Å². The molecule has 15 heavy (non-hydrogen) atoms. The van der Waals surface area contributed by atoms with Gasteiger partial charge >= 0.3 is 0 Å². The van der Waals surface area contributed by atoms with E-state index in [1.165, 1.54) is 25.9 Å². The third kappa shape index (κ3) is 1.72. The predicted molar refractivity (Wildman–Crippen MR) is 65.1 cm³/mol. The van der Waals surface area contributed by atoms with E-state index in [-0.39, 0.29) is 0 Å². The van der Waals surface area contributed by atoms with E-state index in [2.05, 4.69) is 44.8 Å². The Bertz CT molecular complexity index is 251. The van der Waals surface area contributed by atoms with E-state index in [1.54, 1.807) is 0 Å². The van der Waals surface area contributed by atoms with E-state index in [4.69, 9.17) is 0 Å². The molecular weight excluding hydrogens is 184 g/mol. The number of likely N-dealkylation sites (tertiary alicyclic amines) is 1. The van der Waals surface area contributed by atoms with Crippen molar-refractivity contribution in [1.82, 2.24) is 10.2 Å². The Morgan fingerprint density at radius 2 is 2.00 bits per heavy atom. The second kappa shape index (κ2) is 3.46. The van der Waals surface area contributed by atoms with Gasteiger partial charge in [0.05, 0.1) is 0 Å². The van der Waals surface area contributed by atoms with Crippen LogP contribution in [0.2, 0.25) is 0 Å². The van der Waals surface area contributed by atoms with Crippen molar-refractivity contribution >= 4 is 0 Å². The smallest absolute Gasteiger partial charge is 0.0337 e. The lowest BCUT2D eigenvalue weighted by molar-refractivity contribution is 0.0261. The summed E-state index contributed by atoms with van der Waals surface area (Å²) in [6.45, 7) is 14.3. The van der Waals surface area contributed by atoms with Crippen molar-refractivity contribution in [2.75, 3.05) is 13.1 Å². The maximum atomic E-state index is 3.82. The predicted octanol–water partition coefficient (Wildman–Crippen LogP) is 2.25. The third-order valence-electron chi connectivity index (χ3n) is 4.85. The summed E-state index contributed by atoms with van der Waals surface area (Å²) < 4.78 is 0. The normalized spacial score (nSPS) is 47.2. The van der Waals surface area contributed by atoms with Crippen molar-refractivity contribution in [2.45, 2.75) is 65.1 Å². The molecule has 0 saturated carbocycles. The number of rotatable bonds is 1. The Morgan fingerprint density at radius 1 is 1.33 bits per heavy atom. The van der Waals surface area contributed by atoms with Crippen molar-refractivity contribution in [3.05, 3.63) is 0 Å². The molecule has 3 atom stereocenters. The molecular formula is C13H26N2. The standard InChI is InChI=1S/C13H26N2/c1-10(2)15-7-6-12(4)8-11(3)14-13(12,5)9-15/h10-11,14H,6-9H2,1-5H3/t11?,12-,13-/m0/s1. The number of hydrogen-bond acceptors (Lipinski definition) is 2. The minimum absolute atomic E-state index is 0.328. The van der Waals surface area contributed by atoms with Crippen LogP contribution in [0, 0.1) is 5.41 Å². The van der Waals surface area contributed by atoms with Crippen LogP contribution in [0.5, 0.6) is 0 Å². The fourth-order valence-corrected chi connectivity index (χ4v) is 3.60. The van der Waals surface area contributed by atoms with Crippen molar-refractivity contribution < 1.29 is 0 Å². The number of nitrogens with zero attached hydrogens (tertiary/aromatic N) is 1. The second-order valence-electron chi connectivity index (χ2n) is 6.46. The molecule has 2 fully saturated rings. The molecule has 0 amide bonds. The zero-order valence-corrected chi connectivity index (χ0v) is 10.9. The quantitative estimate of drug-likeness (QED) is 0.714. The first kappa shape index (κ1) is 11.4.